The number of benzene rings is 7. The molecule has 0 spiro atoms. The average Bonchev–Trinajstić information content (AvgIpc) is 3.85. The summed E-state index contributed by atoms with van der Waals surface area (Å²) in [4.78, 5) is 15.7. The van der Waals surface area contributed by atoms with Crippen LogP contribution in [0.15, 0.2) is 156 Å². The zero-order chi connectivity index (χ0) is 35.3. The standard InChI is InChI=1S/C48H31N3OS/c1-48(2)38-19-8-6-14-32(38)33-24-22-30(27-39(33)48)46-49-45(50-47(51-46)36-18-10-17-35-34-15-7-9-20-40(34)52-44(35)36)29-23-25-41-37(26-29)43-31(16-11-21-42(43)53-41)28-12-4-3-5-13-28/h3-27H,1-2H3. The van der Waals surface area contributed by atoms with Crippen LogP contribution in [0.3, 0.4) is 0 Å². The molecule has 0 fully saturated rings. The molecule has 10 aromatic rings. The smallest absolute Gasteiger partial charge is 0.167 e. The number of hydrogen-bond acceptors (Lipinski definition) is 5. The Labute approximate surface area is 310 Å². The second kappa shape index (κ2) is 11.3. The first-order chi connectivity index (χ1) is 26.0. The first-order valence-corrected chi connectivity index (χ1v) is 18.8. The molecule has 0 bridgehead atoms. The molecule has 1 aliphatic carbocycles. The number of hydrogen-bond donors (Lipinski definition) is 0. The van der Waals surface area contributed by atoms with Gasteiger partial charge in [0, 0.05) is 47.5 Å². The van der Waals surface area contributed by atoms with Crippen molar-refractivity contribution in [3.63, 3.8) is 0 Å². The van der Waals surface area contributed by atoms with Crippen molar-refractivity contribution >= 4 is 53.4 Å². The van der Waals surface area contributed by atoms with Crippen LogP contribution in [0, 0.1) is 0 Å². The summed E-state index contributed by atoms with van der Waals surface area (Å²) in [6, 6.07) is 53.6. The van der Waals surface area contributed by atoms with Crippen molar-refractivity contribution in [3.8, 4) is 56.4 Å². The van der Waals surface area contributed by atoms with Crippen LogP contribution in [-0.4, -0.2) is 15.0 Å². The molecule has 1 aliphatic rings. The highest BCUT2D eigenvalue weighted by molar-refractivity contribution is 7.26. The number of rotatable bonds is 4. The van der Waals surface area contributed by atoms with Gasteiger partial charge in [-0.15, -0.1) is 11.3 Å². The SMILES string of the molecule is CC1(C)c2ccccc2-c2ccc(-c3nc(-c4ccc5sc6cccc(-c7ccccc7)c6c5c4)nc(-c4cccc5c4oc4ccccc45)n3)cc21. The lowest BCUT2D eigenvalue weighted by molar-refractivity contribution is 0.660. The van der Waals surface area contributed by atoms with E-state index in [1.807, 2.05) is 29.5 Å². The van der Waals surface area contributed by atoms with Crippen molar-refractivity contribution < 1.29 is 4.42 Å². The molecule has 0 saturated heterocycles. The average molecular weight is 698 g/mol. The van der Waals surface area contributed by atoms with E-state index in [0.29, 0.717) is 17.5 Å². The van der Waals surface area contributed by atoms with Crippen molar-refractivity contribution in [1.82, 2.24) is 15.0 Å². The lowest BCUT2D eigenvalue weighted by Crippen LogP contribution is -2.15. The van der Waals surface area contributed by atoms with Gasteiger partial charge in [-0.25, -0.2) is 15.0 Å². The van der Waals surface area contributed by atoms with E-state index in [1.54, 1.807) is 0 Å². The van der Waals surface area contributed by atoms with Crippen molar-refractivity contribution in [2.75, 3.05) is 0 Å². The van der Waals surface area contributed by atoms with Gasteiger partial charge in [0.25, 0.3) is 0 Å². The fraction of sp³-hybridized carbons (Fsp3) is 0.0625. The van der Waals surface area contributed by atoms with Crippen LogP contribution in [0.25, 0.3) is 98.5 Å². The van der Waals surface area contributed by atoms with E-state index in [1.165, 1.54) is 53.6 Å². The summed E-state index contributed by atoms with van der Waals surface area (Å²) in [7, 11) is 0. The summed E-state index contributed by atoms with van der Waals surface area (Å²) in [5.41, 5.74) is 11.8. The Morgan fingerprint density at radius 1 is 0.453 bits per heavy atom. The molecular formula is C48H31N3OS. The monoisotopic (exact) mass is 697 g/mol. The van der Waals surface area contributed by atoms with E-state index >= 15 is 0 Å². The Balaban J connectivity index is 1.15. The Bertz CT molecular complexity index is 3100. The van der Waals surface area contributed by atoms with Crippen LogP contribution in [0.5, 0.6) is 0 Å². The van der Waals surface area contributed by atoms with Crippen molar-refractivity contribution in [2.24, 2.45) is 0 Å². The molecule has 3 aromatic heterocycles. The topological polar surface area (TPSA) is 51.8 Å². The minimum Gasteiger partial charge on any atom is -0.455 e. The van der Waals surface area contributed by atoms with Crippen LogP contribution in [0.4, 0.5) is 0 Å². The van der Waals surface area contributed by atoms with Crippen LogP contribution in [0.2, 0.25) is 0 Å². The molecule has 0 saturated carbocycles. The maximum absolute atomic E-state index is 6.50. The molecule has 0 radical (unpaired) electrons. The first kappa shape index (κ1) is 30.2. The lowest BCUT2D eigenvalue weighted by Gasteiger charge is -2.21. The quantitative estimate of drug-likeness (QED) is 0.184. The number of fused-ring (bicyclic) bond motifs is 9. The molecule has 0 atom stereocenters. The molecule has 5 heteroatoms. The Morgan fingerprint density at radius 3 is 2.00 bits per heavy atom. The molecule has 0 aliphatic heterocycles. The van der Waals surface area contributed by atoms with Gasteiger partial charge in [-0.2, -0.15) is 0 Å². The third-order valence-corrected chi connectivity index (χ3v) is 12.1. The fourth-order valence-electron chi connectivity index (χ4n) is 8.35. The third kappa shape index (κ3) is 4.57. The van der Waals surface area contributed by atoms with Gasteiger partial charge in [0.05, 0.1) is 5.56 Å². The second-order valence-electron chi connectivity index (χ2n) is 14.4. The summed E-state index contributed by atoms with van der Waals surface area (Å²) < 4.78 is 8.99. The predicted octanol–water partition coefficient (Wildman–Crippen LogP) is 13.1. The van der Waals surface area contributed by atoms with Gasteiger partial charge >= 0.3 is 0 Å². The molecule has 4 nitrogen and oxygen atoms in total. The molecule has 3 heterocycles. The van der Waals surface area contributed by atoms with Crippen molar-refractivity contribution in [1.29, 1.82) is 0 Å². The highest BCUT2D eigenvalue weighted by Gasteiger charge is 2.35. The summed E-state index contributed by atoms with van der Waals surface area (Å²) >= 11 is 1.82. The summed E-state index contributed by atoms with van der Waals surface area (Å²) in [6.45, 7) is 4.61. The van der Waals surface area contributed by atoms with Gasteiger partial charge < -0.3 is 4.42 Å². The van der Waals surface area contributed by atoms with Crippen LogP contribution >= 0.6 is 11.3 Å². The minimum atomic E-state index is -0.151. The highest BCUT2D eigenvalue weighted by atomic mass is 32.1. The molecular weight excluding hydrogens is 667 g/mol. The Morgan fingerprint density at radius 2 is 1.11 bits per heavy atom. The second-order valence-corrected chi connectivity index (χ2v) is 15.5. The summed E-state index contributed by atoms with van der Waals surface area (Å²) in [6.07, 6.45) is 0. The zero-order valence-electron chi connectivity index (χ0n) is 29.1. The summed E-state index contributed by atoms with van der Waals surface area (Å²) in [5, 5.41) is 4.56. The van der Waals surface area contributed by atoms with E-state index in [0.717, 1.165) is 38.6 Å². The molecule has 0 amide bonds. The molecule has 0 N–H and O–H groups in total. The number of aromatic nitrogens is 3. The third-order valence-electron chi connectivity index (χ3n) is 11.0. The molecule has 11 rings (SSSR count). The van der Waals surface area contributed by atoms with Crippen LogP contribution in [0.1, 0.15) is 25.0 Å². The lowest BCUT2D eigenvalue weighted by atomic mass is 9.82. The predicted molar refractivity (Wildman–Crippen MR) is 219 cm³/mol. The first-order valence-electron chi connectivity index (χ1n) is 17.9. The number of thiophene rings is 1. The Kier molecular flexibility index (Phi) is 6.43. The molecule has 53 heavy (non-hydrogen) atoms. The zero-order valence-corrected chi connectivity index (χ0v) is 29.9. The van der Waals surface area contributed by atoms with Crippen molar-refractivity contribution in [3.05, 3.63) is 163 Å². The highest BCUT2D eigenvalue weighted by Crippen LogP contribution is 2.49. The minimum absolute atomic E-state index is 0.151. The normalized spacial score (nSPS) is 13.2. The van der Waals surface area contributed by atoms with Gasteiger partial charge in [0.2, 0.25) is 0 Å². The van der Waals surface area contributed by atoms with E-state index < -0.39 is 0 Å². The van der Waals surface area contributed by atoms with E-state index in [-0.39, 0.29) is 5.41 Å². The number of para-hydroxylation sites is 2. The van der Waals surface area contributed by atoms with E-state index in [2.05, 4.69) is 147 Å². The fourth-order valence-corrected chi connectivity index (χ4v) is 9.46. The van der Waals surface area contributed by atoms with Gasteiger partial charge in [0.1, 0.15) is 11.2 Å². The molecule has 0 unspecified atom stereocenters. The van der Waals surface area contributed by atoms with Crippen LogP contribution < -0.4 is 0 Å². The van der Waals surface area contributed by atoms with Gasteiger partial charge in [0.15, 0.2) is 17.5 Å². The van der Waals surface area contributed by atoms with Gasteiger partial charge in [-0.1, -0.05) is 123 Å². The molecule has 250 valence electrons. The van der Waals surface area contributed by atoms with Gasteiger partial charge in [-0.05, 0) is 75.8 Å². The maximum atomic E-state index is 6.50. The van der Waals surface area contributed by atoms with Crippen molar-refractivity contribution in [2.45, 2.75) is 19.3 Å². The maximum Gasteiger partial charge on any atom is 0.167 e. The number of nitrogens with zero attached hydrogens (tertiary/aromatic N) is 3. The van der Waals surface area contributed by atoms with E-state index in [9.17, 15) is 0 Å². The summed E-state index contributed by atoms with van der Waals surface area (Å²) in [5.74, 6) is 1.84. The Hall–Kier alpha value is -6.43. The van der Waals surface area contributed by atoms with E-state index in [4.69, 9.17) is 19.4 Å². The van der Waals surface area contributed by atoms with Crippen LogP contribution in [-0.2, 0) is 5.41 Å². The molecule has 7 aromatic carbocycles. The van der Waals surface area contributed by atoms with Gasteiger partial charge in [-0.3, -0.25) is 0 Å². The largest absolute Gasteiger partial charge is 0.455 e. The number of furan rings is 1.